The molecule has 0 saturated carbocycles. The van der Waals surface area contributed by atoms with Crippen LogP contribution >= 0.6 is 0 Å². The maximum absolute atomic E-state index is 10.3. The van der Waals surface area contributed by atoms with E-state index in [0.29, 0.717) is 6.41 Å². The monoisotopic (exact) mass is 190 g/mol. The zero-order valence-corrected chi connectivity index (χ0v) is 7.60. The van der Waals surface area contributed by atoms with E-state index in [1.807, 2.05) is 10.6 Å². The van der Waals surface area contributed by atoms with Crippen molar-refractivity contribution < 1.29 is 4.79 Å². The zero-order valence-electron chi connectivity index (χ0n) is 7.60. The largest absolute Gasteiger partial charge is 0.338 e. The third-order valence-corrected chi connectivity index (χ3v) is 2.41. The summed E-state index contributed by atoms with van der Waals surface area (Å²) < 4.78 is 2.00. The molecule has 1 aliphatic rings. The number of rotatable bonds is 3. The lowest BCUT2D eigenvalue weighted by molar-refractivity contribution is -0.109. The van der Waals surface area contributed by atoms with Gasteiger partial charge in [0, 0.05) is 13.0 Å². The van der Waals surface area contributed by atoms with Crippen molar-refractivity contribution in [3.05, 3.63) is 17.7 Å². The van der Waals surface area contributed by atoms with E-state index in [1.165, 1.54) is 0 Å². The van der Waals surface area contributed by atoms with Crippen LogP contribution in [0.15, 0.2) is 6.20 Å². The third kappa shape index (κ3) is 1.25. The lowest BCUT2D eigenvalue weighted by Crippen LogP contribution is -2.20. The normalized spacial score (nSPS) is 15.6. The van der Waals surface area contributed by atoms with E-state index < -0.39 is 6.04 Å². The minimum atomic E-state index is -0.577. The summed E-state index contributed by atoms with van der Waals surface area (Å²) in [5.41, 5.74) is 0.784. The summed E-state index contributed by atoms with van der Waals surface area (Å²) in [6.45, 7) is 0.892. The number of carbonyl (C=O) groups is 1. The second kappa shape index (κ2) is 3.50. The SMILES string of the molecule is N#CC(NC=O)c1cnc2n1CCC2. The molecule has 1 aromatic rings. The topological polar surface area (TPSA) is 70.7 Å². The second-order valence-electron chi connectivity index (χ2n) is 3.20. The minimum Gasteiger partial charge on any atom is -0.338 e. The fraction of sp³-hybridized carbons (Fsp3) is 0.444. The molecule has 1 unspecified atom stereocenters. The van der Waals surface area contributed by atoms with Crippen molar-refractivity contribution in [2.24, 2.45) is 0 Å². The number of aryl methyl sites for hydroxylation is 1. The molecule has 14 heavy (non-hydrogen) atoms. The summed E-state index contributed by atoms with van der Waals surface area (Å²) in [5, 5.41) is 11.3. The Morgan fingerprint density at radius 3 is 3.36 bits per heavy atom. The molecule has 5 nitrogen and oxygen atoms in total. The molecule has 5 heteroatoms. The first kappa shape index (κ1) is 8.75. The van der Waals surface area contributed by atoms with Crippen LogP contribution in [0.5, 0.6) is 0 Å². The Balaban J connectivity index is 2.31. The van der Waals surface area contributed by atoms with Gasteiger partial charge in [0.2, 0.25) is 6.41 Å². The average Bonchev–Trinajstić information content (AvgIpc) is 2.75. The second-order valence-corrected chi connectivity index (χ2v) is 3.20. The van der Waals surface area contributed by atoms with Gasteiger partial charge in [-0.25, -0.2) is 4.98 Å². The van der Waals surface area contributed by atoms with Gasteiger partial charge < -0.3 is 9.88 Å². The lowest BCUT2D eigenvalue weighted by Gasteiger charge is -2.09. The molecule has 0 aliphatic carbocycles. The van der Waals surface area contributed by atoms with E-state index in [-0.39, 0.29) is 0 Å². The lowest BCUT2D eigenvalue weighted by atomic mass is 10.2. The number of hydrogen-bond acceptors (Lipinski definition) is 3. The van der Waals surface area contributed by atoms with Gasteiger partial charge in [-0.3, -0.25) is 4.79 Å². The number of imidazole rings is 1. The Morgan fingerprint density at radius 2 is 2.64 bits per heavy atom. The molecule has 0 bridgehead atoms. The molecule has 0 saturated heterocycles. The Hall–Kier alpha value is -1.83. The molecule has 0 aromatic carbocycles. The Kier molecular flexibility index (Phi) is 2.19. The molecule has 0 fully saturated rings. The van der Waals surface area contributed by atoms with Gasteiger partial charge in [0.15, 0.2) is 6.04 Å². The highest BCUT2D eigenvalue weighted by atomic mass is 16.1. The summed E-state index contributed by atoms with van der Waals surface area (Å²) in [5.74, 6) is 1.01. The summed E-state index contributed by atoms with van der Waals surface area (Å²) in [6, 6.07) is 1.45. The van der Waals surface area contributed by atoms with Crippen molar-refractivity contribution >= 4 is 6.41 Å². The van der Waals surface area contributed by atoms with E-state index in [0.717, 1.165) is 30.9 Å². The third-order valence-electron chi connectivity index (χ3n) is 2.41. The molecular formula is C9H10N4O. The molecular weight excluding hydrogens is 180 g/mol. The van der Waals surface area contributed by atoms with E-state index in [2.05, 4.69) is 10.3 Å². The molecule has 1 aliphatic heterocycles. The molecule has 1 atom stereocenters. The predicted octanol–water partition coefficient (Wildman–Crippen LogP) is 0.140. The van der Waals surface area contributed by atoms with Gasteiger partial charge in [0.1, 0.15) is 5.82 Å². The molecule has 1 amide bonds. The van der Waals surface area contributed by atoms with Crippen LogP contribution in [-0.4, -0.2) is 16.0 Å². The first-order chi connectivity index (χ1) is 6.86. The fourth-order valence-electron chi connectivity index (χ4n) is 1.77. The Bertz CT molecular complexity index is 390. The number of nitriles is 1. The Morgan fingerprint density at radius 1 is 1.79 bits per heavy atom. The van der Waals surface area contributed by atoms with Crippen LogP contribution in [0, 0.1) is 11.3 Å². The highest BCUT2D eigenvalue weighted by molar-refractivity contribution is 5.48. The fourth-order valence-corrected chi connectivity index (χ4v) is 1.77. The van der Waals surface area contributed by atoms with Gasteiger partial charge in [-0.15, -0.1) is 0 Å². The van der Waals surface area contributed by atoms with E-state index in [4.69, 9.17) is 5.26 Å². The van der Waals surface area contributed by atoms with Crippen molar-refractivity contribution in [1.29, 1.82) is 5.26 Å². The number of nitrogens with zero attached hydrogens (tertiary/aromatic N) is 3. The number of amides is 1. The van der Waals surface area contributed by atoms with Gasteiger partial charge in [-0.1, -0.05) is 0 Å². The minimum absolute atomic E-state index is 0.544. The number of aromatic nitrogens is 2. The van der Waals surface area contributed by atoms with Gasteiger partial charge in [0.25, 0.3) is 0 Å². The van der Waals surface area contributed by atoms with Gasteiger partial charge in [-0.05, 0) is 6.42 Å². The summed E-state index contributed by atoms with van der Waals surface area (Å²) >= 11 is 0. The standard InChI is InChI=1S/C9H10N4O/c10-4-7(12-6-14)8-5-11-9-2-1-3-13(8)9/h5-7H,1-3H2,(H,12,14). The van der Waals surface area contributed by atoms with Crippen LogP contribution in [0.4, 0.5) is 0 Å². The van der Waals surface area contributed by atoms with Crippen molar-refractivity contribution in [2.45, 2.75) is 25.4 Å². The smallest absolute Gasteiger partial charge is 0.208 e. The van der Waals surface area contributed by atoms with Crippen molar-refractivity contribution in [2.75, 3.05) is 0 Å². The maximum atomic E-state index is 10.3. The summed E-state index contributed by atoms with van der Waals surface area (Å²) in [7, 11) is 0. The average molecular weight is 190 g/mol. The summed E-state index contributed by atoms with van der Waals surface area (Å²) in [6.07, 6.45) is 4.23. The van der Waals surface area contributed by atoms with Crippen LogP contribution in [0.3, 0.4) is 0 Å². The van der Waals surface area contributed by atoms with Gasteiger partial charge in [0.05, 0.1) is 18.0 Å². The van der Waals surface area contributed by atoms with E-state index >= 15 is 0 Å². The number of carbonyl (C=O) groups excluding carboxylic acids is 1. The van der Waals surface area contributed by atoms with E-state index in [9.17, 15) is 4.79 Å². The molecule has 1 N–H and O–H groups in total. The highest BCUT2D eigenvalue weighted by Gasteiger charge is 2.21. The van der Waals surface area contributed by atoms with Gasteiger partial charge >= 0.3 is 0 Å². The van der Waals surface area contributed by atoms with E-state index in [1.54, 1.807) is 6.20 Å². The first-order valence-corrected chi connectivity index (χ1v) is 4.50. The number of fused-ring (bicyclic) bond motifs is 1. The molecule has 1 aromatic heterocycles. The van der Waals surface area contributed by atoms with Gasteiger partial charge in [-0.2, -0.15) is 5.26 Å². The van der Waals surface area contributed by atoms with Crippen molar-refractivity contribution in [3.8, 4) is 6.07 Å². The maximum Gasteiger partial charge on any atom is 0.208 e. The van der Waals surface area contributed by atoms with Crippen molar-refractivity contribution in [3.63, 3.8) is 0 Å². The van der Waals surface area contributed by atoms with Crippen LogP contribution in [0.1, 0.15) is 24.0 Å². The van der Waals surface area contributed by atoms with Crippen LogP contribution in [-0.2, 0) is 17.8 Å². The predicted molar refractivity (Wildman–Crippen MR) is 48.1 cm³/mol. The van der Waals surface area contributed by atoms with Crippen molar-refractivity contribution in [1.82, 2.24) is 14.9 Å². The first-order valence-electron chi connectivity index (χ1n) is 4.50. The number of nitrogens with one attached hydrogen (secondary N) is 1. The van der Waals surface area contributed by atoms with Crippen LogP contribution < -0.4 is 5.32 Å². The van der Waals surface area contributed by atoms with Crippen LogP contribution in [0.2, 0.25) is 0 Å². The Labute approximate surface area is 81.4 Å². The molecule has 2 rings (SSSR count). The molecule has 0 spiro atoms. The number of hydrogen-bond donors (Lipinski definition) is 1. The highest BCUT2D eigenvalue weighted by Crippen LogP contribution is 2.20. The molecule has 2 heterocycles. The summed E-state index contributed by atoms with van der Waals surface area (Å²) in [4.78, 5) is 14.5. The quantitative estimate of drug-likeness (QED) is 0.689. The molecule has 0 radical (unpaired) electrons. The van der Waals surface area contributed by atoms with Crippen LogP contribution in [0.25, 0.3) is 0 Å². The molecule has 72 valence electrons. The zero-order chi connectivity index (χ0) is 9.97.